The second-order valence-electron chi connectivity index (χ2n) is 5.24. The van der Waals surface area contributed by atoms with Gasteiger partial charge in [0, 0.05) is 32.6 Å². The van der Waals surface area contributed by atoms with Crippen molar-refractivity contribution in [2.75, 3.05) is 21.3 Å². The Morgan fingerprint density at radius 2 is 1.95 bits per heavy atom. The zero-order chi connectivity index (χ0) is 15.4. The number of carbonyl (C=O) groups is 1. The second-order valence-corrected chi connectivity index (χ2v) is 9.86. The SMILES string of the molecule is CCC[Si]1(OC)CCC(=S)C(C(=O)CC)C1(OC)OC. The highest BCUT2D eigenvalue weighted by Crippen LogP contribution is 2.46. The van der Waals surface area contributed by atoms with Gasteiger partial charge in [-0.3, -0.25) is 4.79 Å². The van der Waals surface area contributed by atoms with E-state index in [1.54, 1.807) is 21.3 Å². The lowest BCUT2D eigenvalue weighted by Crippen LogP contribution is -2.71. The molecule has 2 atom stereocenters. The highest BCUT2D eigenvalue weighted by Gasteiger charge is 2.65. The minimum absolute atomic E-state index is 0.0865. The zero-order valence-electron chi connectivity index (χ0n) is 13.2. The molecule has 0 spiro atoms. The van der Waals surface area contributed by atoms with Gasteiger partial charge < -0.3 is 13.9 Å². The minimum atomic E-state index is -2.37. The summed E-state index contributed by atoms with van der Waals surface area (Å²) in [6, 6.07) is 1.76. The summed E-state index contributed by atoms with van der Waals surface area (Å²) in [6.45, 7) is 3.97. The van der Waals surface area contributed by atoms with Gasteiger partial charge in [-0.25, -0.2) is 0 Å². The Hall–Kier alpha value is -0.143. The first-order valence-corrected chi connectivity index (χ1v) is 9.92. The van der Waals surface area contributed by atoms with E-state index in [9.17, 15) is 4.79 Å². The summed E-state index contributed by atoms with van der Waals surface area (Å²) < 4.78 is 17.6. The highest BCUT2D eigenvalue weighted by molar-refractivity contribution is 7.80. The summed E-state index contributed by atoms with van der Waals surface area (Å²) in [5.74, 6) is -0.396. The van der Waals surface area contributed by atoms with Crippen LogP contribution in [-0.2, 0) is 18.7 Å². The Morgan fingerprint density at radius 3 is 2.35 bits per heavy atom. The van der Waals surface area contributed by atoms with Crippen molar-refractivity contribution >= 4 is 31.2 Å². The van der Waals surface area contributed by atoms with E-state index in [0.717, 1.165) is 29.8 Å². The monoisotopic (exact) mass is 318 g/mol. The van der Waals surface area contributed by atoms with Crippen LogP contribution in [0.3, 0.4) is 0 Å². The van der Waals surface area contributed by atoms with Crippen LogP contribution in [-0.4, -0.2) is 45.7 Å². The van der Waals surface area contributed by atoms with Gasteiger partial charge in [0.15, 0.2) is 5.41 Å². The molecule has 6 heteroatoms. The van der Waals surface area contributed by atoms with E-state index in [1.807, 2.05) is 6.92 Å². The maximum atomic E-state index is 12.4. The fourth-order valence-corrected chi connectivity index (χ4v) is 8.86. The van der Waals surface area contributed by atoms with Crippen molar-refractivity contribution < 1.29 is 18.7 Å². The molecule has 116 valence electrons. The molecule has 1 rings (SSSR count). The van der Waals surface area contributed by atoms with E-state index >= 15 is 0 Å². The van der Waals surface area contributed by atoms with Crippen LogP contribution < -0.4 is 0 Å². The van der Waals surface area contributed by atoms with Crippen molar-refractivity contribution in [3.63, 3.8) is 0 Å². The number of ether oxygens (including phenoxy) is 2. The average molecular weight is 319 g/mol. The van der Waals surface area contributed by atoms with Gasteiger partial charge in [0.2, 0.25) is 0 Å². The zero-order valence-corrected chi connectivity index (χ0v) is 15.0. The van der Waals surface area contributed by atoms with Crippen molar-refractivity contribution in [2.24, 2.45) is 5.92 Å². The summed E-state index contributed by atoms with van der Waals surface area (Å²) in [4.78, 5) is 13.2. The fourth-order valence-electron chi connectivity index (χ4n) is 3.45. The quantitative estimate of drug-likeness (QED) is 0.410. The molecular formula is C14H26O4SSi. The Labute approximate surface area is 128 Å². The van der Waals surface area contributed by atoms with Gasteiger partial charge in [0.05, 0.1) is 0 Å². The molecule has 0 aromatic heterocycles. The van der Waals surface area contributed by atoms with Crippen LogP contribution in [0.4, 0.5) is 0 Å². The molecular weight excluding hydrogens is 292 g/mol. The molecule has 2 unspecified atom stereocenters. The number of Topliss-reactive ketones (excluding diaryl/α,β-unsaturated/α-hetero) is 1. The molecule has 0 aromatic carbocycles. The van der Waals surface area contributed by atoms with Crippen LogP contribution in [0, 0.1) is 5.92 Å². The Bertz CT molecular complexity index is 362. The lowest BCUT2D eigenvalue weighted by Gasteiger charge is -2.52. The number of ketones is 1. The van der Waals surface area contributed by atoms with Crippen molar-refractivity contribution in [1.29, 1.82) is 0 Å². The summed E-state index contributed by atoms with van der Waals surface area (Å²) >= 11 is 5.47. The van der Waals surface area contributed by atoms with E-state index in [2.05, 4.69) is 6.92 Å². The molecule has 1 aliphatic rings. The molecule has 0 aliphatic carbocycles. The molecule has 0 bridgehead atoms. The second kappa shape index (κ2) is 7.22. The van der Waals surface area contributed by atoms with Crippen molar-refractivity contribution in [1.82, 2.24) is 0 Å². The predicted octanol–water partition coefficient (Wildman–Crippen LogP) is 2.89. The van der Waals surface area contributed by atoms with Crippen molar-refractivity contribution in [3.05, 3.63) is 0 Å². The van der Waals surface area contributed by atoms with E-state index < -0.39 is 19.6 Å². The van der Waals surface area contributed by atoms with Crippen molar-refractivity contribution in [3.8, 4) is 0 Å². The lowest BCUT2D eigenvalue weighted by atomic mass is 9.94. The lowest BCUT2D eigenvalue weighted by molar-refractivity contribution is -0.186. The molecule has 0 N–H and O–H groups in total. The summed E-state index contributed by atoms with van der Waals surface area (Å²) in [5, 5.41) is 0. The Kier molecular flexibility index (Phi) is 6.47. The van der Waals surface area contributed by atoms with Crippen LogP contribution >= 0.6 is 12.2 Å². The number of carbonyl (C=O) groups excluding carboxylic acids is 1. The third-order valence-corrected chi connectivity index (χ3v) is 9.99. The average Bonchev–Trinajstić information content (AvgIpc) is 2.48. The molecule has 0 amide bonds. The summed E-state index contributed by atoms with van der Waals surface area (Å²) in [7, 11) is 2.55. The number of thiocarbonyl (C=S) groups is 1. The van der Waals surface area contributed by atoms with Gasteiger partial charge in [0.25, 0.3) is 8.32 Å². The molecule has 0 aromatic rings. The molecule has 0 radical (unpaired) electrons. The molecule has 1 aliphatic heterocycles. The highest BCUT2D eigenvalue weighted by atomic mass is 32.1. The maximum absolute atomic E-state index is 12.4. The standard InChI is InChI=1S/C14H26O4SSi/c1-6-9-20(18-5)10-8-12(19)13(11(15)7-2)14(20,16-3)17-4/h13H,6-10H2,1-5H3. The first-order chi connectivity index (χ1) is 9.48. The van der Waals surface area contributed by atoms with E-state index in [1.165, 1.54) is 0 Å². The topological polar surface area (TPSA) is 44.8 Å². The maximum Gasteiger partial charge on any atom is 0.258 e. The van der Waals surface area contributed by atoms with Crippen LogP contribution in [0.15, 0.2) is 0 Å². The number of hydrogen-bond donors (Lipinski definition) is 0. The minimum Gasteiger partial charge on any atom is -0.414 e. The summed E-state index contributed by atoms with van der Waals surface area (Å²) in [5.41, 5.74) is -0.986. The van der Waals surface area contributed by atoms with E-state index in [-0.39, 0.29) is 5.78 Å². The molecule has 20 heavy (non-hydrogen) atoms. The fraction of sp³-hybridized carbons (Fsp3) is 0.857. The third-order valence-electron chi connectivity index (χ3n) is 4.43. The molecule has 4 nitrogen and oxygen atoms in total. The van der Waals surface area contributed by atoms with Gasteiger partial charge in [-0.15, -0.1) is 0 Å². The molecule has 1 fully saturated rings. The number of methoxy groups -OCH3 is 2. The smallest absolute Gasteiger partial charge is 0.258 e. The van der Waals surface area contributed by atoms with Gasteiger partial charge in [0.1, 0.15) is 11.7 Å². The molecule has 1 heterocycles. The Balaban J connectivity index is 3.40. The summed E-state index contributed by atoms with van der Waals surface area (Å²) in [6.07, 6.45) is 2.16. The Morgan fingerprint density at radius 1 is 1.35 bits per heavy atom. The largest absolute Gasteiger partial charge is 0.414 e. The predicted molar refractivity (Wildman–Crippen MR) is 85.4 cm³/mol. The first kappa shape index (κ1) is 17.9. The van der Waals surface area contributed by atoms with Crippen LogP contribution in [0.25, 0.3) is 0 Å². The van der Waals surface area contributed by atoms with Crippen LogP contribution in [0.5, 0.6) is 0 Å². The van der Waals surface area contributed by atoms with E-state index in [0.29, 0.717) is 6.42 Å². The van der Waals surface area contributed by atoms with Gasteiger partial charge in [-0.2, -0.15) is 0 Å². The van der Waals surface area contributed by atoms with Gasteiger partial charge >= 0.3 is 0 Å². The number of hydrogen-bond acceptors (Lipinski definition) is 5. The van der Waals surface area contributed by atoms with Crippen LogP contribution in [0.1, 0.15) is 33.1 Å². The van der Waals surface area contributed by atoms with E-state index in [4.69, 9.17) is 26.1 Å². The van der Waals surface area contributed by atoms with Crippen molar-refractivity contribution in [2.45, 2.75) is 50.6 Å². The third kappa shape index (κ3) is 2.64. The van der Waals surface area contributed by atoms with Gasteiger partial charge in [-0.05, 0) is 18.5 Å². The number of rotatable bonds is 7. The molecule has 0 saturated carbocycles. The van der Waals surface area contributed by atoms with Crippen LogP contribution in [0.2, 0.25) is 12.1 Å². The first-order valence-electron chi connectivity index (χ1n) is 7.19. The normalized spacial score (nSPS) is 29.4. The molecule has 1 saturated heterocycles. The van der Waals surface area contributed by atoms with Gasteiger partial charge in [-0.1, -0.05) is 32.5 Å².